The van der Waals surface area contributed by atoms with E-state index in [1.807, 2.05) is 0 Å². The van der Waals surface area contributed by atoms with Gasteiger partial charge in [0.15, 0.2) is 0 Å². The lowest BCUT2D eigenvalue weighted by molar-refractivity contribution is 0.0659. The van der Waals surface area contributed by atoms with Gasteiger partial charge in [-0.3, -0.25) is 4.68 Å². The molecule has 0 spiro atoms. The average molecular weight is 221 g/mol. The van der Waals surface area contributed by atoms with Crippen LogP contribution in [-0.2, 0) is 31.3 Å². The highest BCUT2D eigenvalue weighted by Crippen LogP contribution is 2.25. The van der Waals surface area contributed by atoms with Gasteiger partial charge in [-0.15, -0.1) is 0 Å². The molecule has 0 saturated carbocycles. The van der Waals surface area contributed by atoms with Crippen molar-refractivity contribution in [3.05, 3.63) is 17.0 Å². The minimum Gasteiger partial charge on any atom is -0.381 e. The van der Waals surface area contributed by atoms with Crippen molar-refractivity contribution in [1.29, 1.82) is 0 Å². The van der Waals surface area contributed by atoms with Crippen LogP contribution in [0.15, 0.2) is 0 Å². The lowest BCUT2D eigenvalue weighted by Crippen LogP contribution is -2.19. The standard InChI is InChI=1S/C12H19N3O/c1-15-12(6-9-2-4-16-5-3-9)10-7-13-8-11(10)14-15/h9,13H,2-8H2,1H3. The first-order valence-corrected chi connectivity index (χ1v) is 6.16. The lowest BCUT2D eigenvalue weighted by Gasteiger charge is -2.22. The highest BCUT2D eigenvalue weighted by Gasteiger charge is 2.23. The van der Waals surface area contributed by atoms with E-state index in [9.17, 15) is 0 Å². The normalized spacial score (nSPS) is 21.3. The predicted octanol–water partition coefficient (Wildman–Crippen LogP) is 0.992. The molecule has 0 amide bonds. The topological polar surface area (TPSA) is 39.1 Å². The van der Waals surface area contributed by atoms with Crippen LogP contribution in [0.5, 0.6) is 0 Å². The summed E-state index contributed by atoms with van der Waals surface area (Å²) < 4.78 is 7.49. The van der Waals surface area contributed by atoms with Crippen molar-refractivity contribution >= 4 is 0 Å². The molecule has 4 heteroatoms. The molecule has 0 unspecified atom stereocenters. The number of hydrogen-bond donors (Lipinski definition) is 1. The van der Waals surface area contributed by atoms with Crippen LogP contribution in [0.3, 0.4) is 0 Å². The van der Waals surface area contributed by atoms with Crippen LogP contribution in [0.4, 0.5) is 0 Å². The van der Waals surface area contributed by atoms with E-state index < -0.39 is 0 Å². The van der Waals surface area contributed by atoms with Crippen LogP contribution < -0.4 is 5.32 Å². The van der Waals surface area contributed by atoms with Crippen molar-refractivity contribution in [2.45, 2.75) is 32.4 Å². The Labute approximate surface area is 96.0 Å². The summed E-state index contributed by atoms with van der Waals surface area (Å²) in [5.74, 6) is 0.786. The zero-order valence-corrected chi connectivity index (χ0v) is 9.83. The van der Waals surface area contributed by atoms with Gasteiger partial charge in [-0.2, -0.15) is 5.10 Å². The number of rotatable bonds is 2. The molecule has 4 nitrogen and oxygen atoms in total. The molecule has 1 N–H and O–H groups in total. The Hall–Kier alpha value is -0.870. The van der Waals surface area contributed by atoms with Gasteiger partial charge >= 0.3 is 0 Å². The van der Waals surface area contributed by atoms with E-state index in [0.29, 0.717) is 0 Å². The van der Waals surface area contributed by atoms with Gasteiger partial charge in [0, 0.05) is 44.6 Å². The molecule has 1 saturated heterocycles. The minimum absolute atomic E-state index is 0.786. The Morgan fingerprint density at radius 1 is 1.38 bits per heavy atom. The van der Waals surface area contributed by atoms with Gasteiger partial charge in [-0.25, -0.2) is 0 Å². The van der Waals surface area contributed by atoms with Crippen molar-refractivity contribution in [1.82, 2.24) is 15.1 Å². The number of fused-ring (bicyclic) bond motifs is 1. The number of aryl methyl sites for hydroxylation is 1. The lowest BCUT2D eigenvalue weighted by atomic mass is 9.93. The third kappa shape index (κ3) is 1.76. The van der Waals surface area contributed by atoms with Crippen molar-refractivity contribution in [3.8, 4) is 0 Å². The molecule has 1 fully saturated rings. The molecule has 3 rings (SSSR count). The zero-order chi connectivity index (χ0) is 11.0. The number of hydrogen-bond acceptors (Lipinski definition) is 3. The van der Waals surface area contributed by atoms with E-state index >= 15 is 0 Å². The van der Waals surface area contributed by atoms with Crippen LogP contribution in [0.25, 0.3) is 0 Å². The Kier molecular flexibility index (Phi) is 2.69. The molecule has 0 aliphatic carbocycles. The number of nitrogens with one attached hydrogen (secondary N) is 1. The largest absolute Gasteiger partial charge is 0.381 e. The molecule has 16 heavy (non-hydrogen) atoms. The van der Waals surface area contributed by atoms with Crippen LogP contribution in [-0.4, -0.2) is 23.0 Å². The molecule has 1 aromatic rings. The average Bonchev–Trinajstić information content (AvgIpc) is 2.84. The van der Waals surface area contributed by atoms with E-state index in [4.69, 9.17) is 4.74 Å². The zero-order valence-electron chi connectivity index (χ0n) is 9.83. The van der Waals surface area contributed by atoms with Crippen molar-refractivity contribution in [2.24, 2.45) is 13.0 Å². The summed E-state index contributed by atoms with van der Waals surface area (Å²) in [7, 11) is 2.08. The van der Waals surface area contributed by atoms with Gasteiger partial charge in [0.25, 0.3) is 0 Å². The second kappa shape index (κ2) is 4.18. The van der Waals surface area contributed by atoms with Gasteiger partial charge in [0.05, 0.1) is 5.69 Å². The minimum atomic E-state index is 0.786. The predicted molar refractivity (Wildman–Crippen MR) is 61.0 cm³/mol. The summed E-state index contributed by atoms with van der Waals surface area (Å²) in [5, 5.41) is 7.95. The van der Waals surface area contributed by atoms with Gasteiger partial charge in [-0.1, -0.05) is 0 Å². The van der Waals surface area contributed by atoms with Crippen LogP contribution in [0.2, 0.25) is 0 Å². The summed E-state index contributed by atoms with van der Waals surface area (Å²) in [6, 6.07) is 0. The molecule has 0 bridgehead atoms. The summed E-state index contributed by atoms with van der Waals surface area (Å²) in [5.41, 5.74) is 4.14. The molecule has 2 aliphatic heterocycles. The van der Waals surface area contributed by atoms with Crippen LogP contribution in [0.1, 0.15) is 29.8 Å². The monoisotopic (exact) mass is 221 g/mol. The Bertz CT molecular complexity index is 380. The highest BCUT2D eigenvalue weighted by atomic mass is 16.5. The maximum absolute atomic E-state index is 5.41. The maximum atomic E-state index is 5.41. The molecule has 2 aliphatic rings. The van der Waals surface area contributed by atoms with E-state index in [2.05, 4.69) is 22.1 Å². The molecule has 0 aromatic carbocycles. The molecule has 0 radical (unpaired) electrons. The fourth-order valence-corrected chi connectivity index (χ4v) is 2.79. The van der Waals surface area contributed by atoms with Gasteiger partial charge < -0.3 is 10.1 Å². The van der Waals surface area contributed by atoms with Crippen LogP contribution >= 0.6 is 0 Å². The Morgan fingerprint density at radius 2 is 2.19 bits per heavy atom. The maximum Gasteiger partial charge on any atom is 0.0810 e. The first-order valence-electron chi connectivity index (χ1n) is 6.16. The summed E-state index contributed by atoms with van der Waals surface area (Å²) in [6.45, 7) is 3.81. The fraction of sp³-hybridized carbons (Fsp3) is 0.750. The van der Waals surface area contributed by atoms with E-state index in [-0.39, 0.29) is 0 Å². The second-order valence-corrected chi connectivity index (χ2v) is 4.86. The van der Waals surface area contributed by atoms with Gasteiger partial charge in [-0.05, 0) is 25.2 Å². The second-order valence-electron chi connectivity index (χ2n) is 4.86. The smallest absolute Gasteiger partial charge is 0.0810 e. The van der Waals surface area contributed by atoms with Crippen molar-refractivity contribution in [2.75, 3.05) is 13.2 Å². The molecule has 3 heterocycles. The third-order valence-corrected chi connectivity index (χ3v) is 3.78. The van der Waals surface area contributed by atoms with Crippen molar-refractivity contribution < 1.29 is 4.74 Å². The van der Waals surface area contributed by atoms with E-state index in [1.54, 1.807) is 0 Å². The molecule has 0 atom stereocenters. The van der Waals surface area contributed by atoms with E-state index in [0.717, 1.165) is 32.2 Å². The molecular weight excluding hydrogens is 202 g/mol. The first-order chi connectivity index (χ1) is 7.84. The summed E-state index contributed by atoms with van der Waals surface area (Å²) in [4.78, 5) is 0. The third-order valence-electron chi connectivity index (χ3n) is 3.78. The fourth-order valence-electron chi connectivity index (χ4n) is 2.79. The van der Waals surface area contributed by atoms with E-state index in [1.165, 1.54) is 36.2 Å². The van der Waals surface area contributed by atoms with Crippen molar-refractivity contribution in [3.63, 3.8) is 0 Å². The molecule has 88 valence electrons. The Balaban J connectivity index is 1.78. The SMILES string of the molecule is Cn1nc2c(c1CC1CCOCC1)CNC2. The summed E-state index contributed by atoms with van der Waals surface area (Å²) >= 11 is 0. The van der Waals surface area contributed by atoms with Crippen LogP contribution in [0, 0.1) is 5.92 Å². The number of ether oxygens (including phenoxy) is 1. The molecular formula is C12H19N3O. The van der Waals surface area contributed by atoms with Gasteiger partial charge in [0.2, 0.25) is 0 Å². The Morgan fingerprint density at radius 3 is 3.00 bits per heavy atom. The quantitative estimate of drug-likeness (QED) is 0.809. The summed E-state index contributed by atoms with van der Waals surface area (Å²) in [6.07, 6.45) is 3.57. The first kappa shape index (κ1) is 10.3. The van der Waals surface area contributed by atoms with Gasteiger partial charge in [0.1, 0.15) is 0 Å². The molecule has 1 aromatic heterocycles. The number of aromatic nitrogens is 2. The highest BCUT2D eigenvalue weighted by molar-refractivity contribution is 5.29. The number of nitrogens with zero attached hydrogens (tertiary/aromatic N) is 2.